The van der Waals surface area contributed by atoms with Gasteiger partial charge >= 0.3 is 6.03 Å². The number of nitrogens with zero attached hydrogens (tertiary/aromatic N) is 1. The van der Waals surface area contributed by atoms with Crippen molar-refractivity contribution in [3.05, 3.63) is 29.8 Å². The summed E-state index contributed by atoms with van der Waals surface area (Å²) in [6.07, 6.45) is 0.911. The summed E-state index contributed by atoms with van der Waals surface area (Å²) in [5.74, 6) is 0.494. The Morgan fingerprint density at radius 3 is 2.55 bits per heavy atom. The highest BCUT2D eigenvalue weighted by Gasteiger charge is 2.20. The molecule has 1 aromatic carbocycles. The Morgan fingerprint density at radius 2 is 2.00 bits per heavy atom. The highest BCUT2D eigenvalue weighted by Crippen LogP contribution is 2.19. The van der Waals surface area contributed by atoms with E-state index in [-0.39, 0.29) is 16.8 Å². The van der Waals surface area contributed by atoms with Crippen LogP contribution in [0.3, 0.4) is 0 Å². The van der Waals surface area contributed by atoms with Crippen LogP contribution >= 0.6 is 0 Å². The van der Waals surface area contributed by atoms with Crippen LogP contribution in [-0.2, 0) is 16.6 Å². The van der Waals surface area contributed by atoms with Crippen LogP contribution in [0, 0.1) is 0 Å². The number of anilines is 1. The molecule has 2 amide bonds. The van der Waals surface area contributed by atoms with E-state index in [1.807, 2.05) is 52.0 Å². The maximum atomic E-state index is 12.2. The molecule has 0 aromatic heterocycles. The summed E-state index contributed by atoms with van der Waals surface area (Å²) in [5.41, 5.74) is 1.71. The maximum absolute atomic E-state index is 12.2. The monoisotopic (exact) mass is 324 g/mol. The second-order valence-corrected chi connectivity index (χ2v) is 8.81. The van der Waals surface area contributed by atoms with E-state index in [2.05, 4.69) is 12.2 Å². The van der Waals surface area contributed by atoms with Crippen molar-refractivity contribution in [3.63, 3.8) is 0 Å². The minimum atomic E-state index is -0.950. The molecule has 0 spiro atoms. The molecule has 1 aromatic rings. The minimum absolute atomic E-state index is 0.122. The molecule has 0 aliphatic carbocycles. The average molecular weight is 324 g/mol. The summed E-state index contributed by atoms with van der Waals surface area (Å²) in [6.45, 7) is 9.97. The minimum Gasteiger partial charge on any atom is -0.325 e. The van der Waals surface area contributed by atoms with Gasteiger partial charge in [-0.05, 0) is 51.8 Å². The first-order valence-electron chi connectivity index (χ1n) is 7.66. The first-order valence-corrected chi connectivity index (χ1v) is 8.98. The second-order valence-electron chi connectivity index (χ2n) is 6.60. The van der Waals surface area contributed by atoms with Crippen molar-refractivity contribution in [2.45, 2.75) is 57.6 Å². The number of nitrogens with one attached hydrogen (secondary N) is 1. The Balaban J connectivity index is 2.76. The highest BCUT2D eigenvalue weighted by molar-refractivity contribution is 7.85. The number of benzene rings is 1. The molecule has 124 valence electrons. The zero-order valence-electron chi connectivity index (χ0n) is 14.5. The fraction of sp³-hybridized carbons (Fsp3) is 0.588. The number of hydrogen-bond acceptors (Lipinski definition) is 2. The Hall–Kier alpha value is -1.36. The van der Waals surface area contributed by atoms with Crippen LogP contribution < -0.4 is 5.32 Å². The first-order chi connectivity index (χ1) is 10.1. The molecule has 4 nitrogen and oxygen atoms in total. The number of carbonyl (C=O) groups is 1. The molecular formula is C17H28N2O2S. The summed E-state index contributed by atoms with van der Waals surface area (Å²) < 4.78 is 12.0. The molecule has 0 saturated heterocycles. The SMILES string of the molecule is CCC(C)N(C)C(=O)Nc1cccc(CS(=O)C(C)(C)C)c1. The molecule has 1 N–H and O–H groups in total. The van der Waals surface area contributed by atoms with Gasteiger partial charge in [-0.15, -0.1) is 0 Å². The van der Waals surface area contributed by atoms with Crippen molar-refractivity contribution in [2.24, 2.45) is 0 Å². The van der Waals surface area contributed by atoms with Crippen LogP contribution in [0.2, 0.25) is 0 Å². The molecule has 0 aliphatic heterocycles. The van der Waals surface area contributed by atoms with E-state index < -0.39 is 10.8 Å². The van der Waals surface area contributed by atoms with E-state index in [1.54, 1.807) is 11.9 Å². The molecule has 2 atom stereocenters. The Labute approximate surface area is 136 Å². The number of rotatable bonds is 5. The van der Waals surface area contributed by atoms with Crippen LogP contribution in [0.1, 0.15) is 46.6 Å². The second kappa shape index (κ2) is 7.77. The van der Waals surface area contributed by atoms with E-state index in [0.717, 1.165) is 17.7 Å². The molecule has 0 fully saturated rings. The van der Waals surface area contributed by atoms with E-state index in [1.165, 1.54) is 0 Å². The number of amides is 2. The van der Waals surface area contributed by atoms with Crippen molar-refractivity contribution in [1.29, 1.82) is 0 Å². The normalized spacial score (nSPS) is 14.3. The number of hydrogen-bond donors (Lipinski definition) is 1. The van der Waals surface area contributed by atoms with Gasteiger partial charge in [0.05, 0.1) is 0 Å². The predicted molar refractivity (Wildman–Crippen MR) is 94.6 cm³/mol. The molecule has 1 rings (SSSR count). The van der Waals surface area contributed by atoms with Crippen LogP contribution in [0.4, 0.5) is 10.5 Å². The molecular weight excluding hydrogens is 296 g/mol. The third-order valence-corrected chi connectivity index (χ3v) is 5.69. The predicted octanol–water partition coefficient (Wildman–Crippen LogP) is 4.00. The average Bonchev–Trinajstić information content (AvgIpc) is 2.44. The van der Waals surface area contributed by atoms with Crippen LogP contribution in [0.25, 0.3) is 0 Å². The Bertz CT molecular complexity index is 538. The molecule has 5 heteroatoms. The van der Waals surface area contributed by atoms with Crippen molar-refractivity contribution < 1.29 is 9.00 Å². The lowest BCUT2D eigenvalue weighted by molar-refractivity contribution is 0.206. The molecule has 0 saturated carbocycles. The van der Waals surface area contributed by atoms with Gasteiger partial charge in [0.25, 0.3) is 0 Å². The first kappa shape index (κ1) is 18.7. The van der Waals surface area contributed by atoms with Crippen molar-refractivity contribution in [2.75, 3.05) is 12.4 Å². The fourth-order valence-electron chi connectivity index (χ4n) is 1.79. The molecule has 22 heavy (non-hydrogen) atoms. The lowest BCUT2D eigenvalue weighted by atomic mass is 10.2. The Kier molecular flexibility index (Phi) is 6.60. The largest absolute Gasteiger partial charge is 0.325 e. The quantitative estimate of drug-likeness (QED) is 0.890. The van der Waals surface area contributed by atoms with Crippen molar-refractivity contribution >= 4 is 22.5 Å². The lowest BCUT2D eigenvalue weighted by Gasteiger charge is -2.24. The van der Waals surface area contributed by atoms with Gasteiger partial charge in [0, 0.05) is 40.1 Å². The van der Waals surface area contributed by atoms with E-state index in [9.17, 15) is 9.00 Å². The highest BCUT2D eigenvalue weighted by atomic mass is 32.2. The van der Waals surface area contributed by atoms with Gasteiger partial charge in [0.1, 0.15) is 0 Å². The summed E-state index contributed by atoms with van der Waals surface area (Å²) in [7, 11) is 0.844. The van der Waals surface area contributed by atoms with Crippen molar-refractivity contribution in [3.8, 4) is 0 Å². The Morgan fingerprint density at radius 1 is 1.36 bits per heavy atom. The van der Waals surface area contributed by atoms with Gasteiger partial charge in [0.2, 0.25) is 0 Å². The van der Waals surface area contributed by atoms with Crippen LogP contribution in [0.15, 0.2) is 24.3 Å². The van der Waals surface area contributed by atoms with Crippen LogP contribution in [-0.4, -0.2) is 33.0 Å². The van der Waals surface area contributed by atoms with Gasteiger partial charge in [-0.2, -0.15) is 0 Å². The zero-order valence-corrected chi connectivity index (χ0v) is 15.3. The summed E-state index contributed by atoms with van der Waals surface area (Å²) in [6, 6.07) is 7.64. The van der Waals surface area contributed by atoms with Gasteiger partial charge in [-0.3, -0.25) is 4.21 Å². The van der Waals surface area contributed by atoms with Crippen molar-refractivity contribution in [1.82, 2.24) is 4.90 Å². The van der Waals surface area contributed by atoms with E-state index in [0.29, 0.717) is 5.75 Å². The van der Waals surface area contributed by atoms with Crippen LogP contribution in [0.5, 0.6) is 0 Å². The standard InChI is InChI=1S/C17H28N2O2S/c1-7-13(2)19(6)16(20)18-15-10-8-9-14(11-15)12-22(21)17(3,4)5/h8-11,13H,7,12H2,1-6H3,(H,18,20). The summed E-state index contributed by atoms with van der Waals surface area (Å²) in [5, 5.41) is 2.90. The number of carbonyl (C=O) groups excluding carboxylic acids is 1. The van der Waals surface area contributed by atoms with Gasteiger partial charge < -0.3 is 10.2 Å². The van der Waals surface area contributed by atoms with E-state index >= 15 is 0 Å². The summed E-state index contributed by atoms with van der Waals surface area (Å²) >= 11 is 0. The zero-order chi connectivity index (χ0) is 16.9. The topological polar surface area (TPSA) is 49.4 Å². The third-order valence-electron chi connectivity index (χ3n) is 3.73. The van der Waals surface area contributed by atoms with Gasteiger partial charge in [-0.1, -0.05) is 19.1 Å². The molecule has 0 heterocycles. The molecule has 0 aliphatic rings. The lowest BCUT2D eigenvalue weighted by Crippen LogP contribution is -2.37. The fourth-order valence-corrected chi connectivity index (χ4v) is 2.71. The molecule has 2 unspecified atom stereocenters. The number of urea groups is 1. The smallest absolute Gasteiger partial charge is 0.321 e. The van der Waals surface area contributed by atoms with Gasteiger partial charge in [-0.25, -0.2) is 4.79 Å². The maximum Gasteiger partial charge on any atom is 0.321 e. The molecule has 0 radical (unpaired) electrons. The van der Waals surface area contributed by atoms with E-state index in [4.69, 9.17) is 0 Å². The third kappa shape index (κ3) is 5.44. The molecule has 0 bridgehead atoms. The van der Waals surface area contributed by atoms with Gasteiger partial charge in [0.15, 0.2) is 0 Å². The summed E-state index contributed by atoms with van der Waals surface area (Å²) in [4.78, 5) is 13.9.